The maximum absolute atomic E-state index is 12.8. The van der Waals surface area contributed by atoms with Gasteiger partial charge < -0.3 is 9.64 Å². The molecule has 1 aromatic carbocycles. The van der Waals surface area contributed by atoms with Gasteiger partial charge in [-0.25, -0.2) is 0 Å². The fraction of sp³-hybridized carbons (Fsp3) is 0.368. The molecule has 0 unspecified atom stereocenters. The van der Waals surface area contributed by atoms with Crippen molar-refractivity contribution >= 4 is 54.0 Å². The zero-order valence-electron chi connectivity index (χ0n) is 14.0. The summed E-state index contributed by atoms with van der Waals surface area (Å²) < 4.78 is 8.73. The molecule has 0 atom stereocenters. The van der Waals surface area contributed by atoms with E-state index in [2.05, 4.69) is 12.1 Å². The highest BCUT2D eigenvalue weighted by atomic mass is 32.1. The van der Waals surface area contributed by atoms with Gasteiger partial charge in [-0.1, -0.05) is 18.2 Å². The first-order chi connectivity index (χ1) is 12.2. The highest BCUT2D eigenvalue weighted by molar-refractivity contribution is 7.33. The fourth-order valence-corrected chi connectivity index (χ4v) is 5.83. The average Bonchev–Trinajstić information content (AvgIpc) is 3.19. The standard InChI is InChI=1S/C19H19NO3S2/c1-2-23-19(22)12-7-9-20(10-8-12)18(21)16-11-15-17(25-16)13-5-3-4-6-14(13)24-15/h3-6,11-12H,2,7-10H2,1H3. The second kappa shape index (κ2) is 6.77. The van der Waals surface area contributed by atoms with E-state index in [0.717, 1.165) is 4.88 Å². The number of rotatable bonds is 3. The molecule has 3 heterocycles. The van der Waals surface area contributed by atoms with Crippen molar-refractivity contribution in [3.63, 3.8) is 0 Å². The Morgan fingerprint density at radius 2 is 1.92 bits per heavy atom. The van der Waals surface area contributed by atoms with Crippen LogP contribution >= 0.6 is 22.7 Å². The Labute approximate surface area is 154 Å². The summed E-state index contributed by atoms with van der Waals surface area (Å²) in [6.07, 6.45) is 1.38. The summed E-state index contributed by atoms with van der Waals surface area (Å²) in [4.78, 5) is 27.3. The molecule has 0 spiro atoms. The summed E-state index contributed by atoms with van der Waals surface area (Å²) in [5, 5.41) is 1.23. The van der Waals surface area contributed by atoms with Crippen LogP contribution in [0.15, 0.2) is 30.3 Å². The van der Waals surface area contributed by atoms with Crippen molar-refractivity contribution in [3.8, 4) is 0 Å². The first kappa shape index (κ1) is 16.5. The summed E-state index contributed by atoms with van der Waals surface area (Å²) in [7, 11) is 0. The van der Waals surface area contributed by atoms with E-state index in [0.29, 0.717) is 32.5 Å². The van der Waals surface area contributed by atoms with Crippen molar-refractivity contribution in [1.82, 2.24) is 4.90 Å². The van der Waals surface area contributed by atoms with Gasteiger partial charge in [0, 0.05) is 27.9 Å². The number of nitrogens with zero attached hydrogens (tertiary/aromatic N) is 1. The van der Waals surface area contributed by atoms with Crippen LogP contribution in [0.1, 0.15) is 29.4 Å². The average molecular weight is 373 g/mol. The van der Waals surface area contributed by atoms with Crippen molar-refractivity contribution in [2.75, 3.05) is 19.7 Å². The number of hydrogen-bond acceptors (Lipinski definition) is 5. The van der Waals surface area contributed by atoms with Gasteiger partial charge in [-0.15, -0.1) is 22.7 Å². The minimum absolute atomic E-state index is 0.0697. The number of thiophene rings is 2. The van der Waals surface area contributed by atoms with Crippen molar-refractivity contribution in [2.45, 2.75) is 19.8 Å². The first-order valence-corrected chi connectivity index (χ1v) is 10.2. The van der Waals surface area contributed by atoms with Gasteiger partial charge in [0.15, 0.2) is 0 Å². The highest BCUT2D eigenvalue weighted by Crippen LogP contribution is 2.39. The largest absolute Gasteiger partial charge is 0.466 e. The molecule has 1 aliphatic heterocycles. The third-order valence-corrected chi connectivity index (χ3v) is 7.07. The fourth-order valence-electron chi connectivity index (χ4n) is 3.34. The van der Waals surface area contributed by atoms with Crippen LogP contribution in [0.3, 0.4) is 0 Å². The predicted molar refractivity (Wildman–Crippen MR) is 102 cm³/mol. The Morgan fingerprint density at radius 3 is 2.68 bits per heavy atom. The molecule has 1 amide bonds. The molecular weight excluding hydrogens is 354 g/mol. The van der Waals surface area contributed by atoms with Crippen LogP contribution in [-0.4, -0.2) is 36.5 Å². The number of fused-ring (bicyclic) bond motifs is 3. The van der Waals surface area contributed by atoms with E-state index in [1.54, 1.807) is 22.7 Å². The normalized spacial score (nSPS) is 15.8. The number of likely N-dealkylation sites (tertiary alicyclic amines) is 1. The van der Waals surface area contributed by atoms with Crippen LogP contribution in [0.4, 0.5) is 0 Å². The SMILES string of the molecule is CCOC(=O)C1CCN(C(=O)c2cc3sc4ccccc4c3s2)CC1. The van der Waals surface area contributed by atoms with Crippen molar-refractivity contribution < 1.29 is 14.3 Å². The first-order valence-electron chi connectivity index (χ1n) is 8.54. The Hall–Kier alpha value is -1.92. The van der Waals surface area contributed by atoms with E-state index >= 15 is 0 Å². The van der Waals surface area contributed by atoms with Crippen molar-refractivity contribution in [1.29, 1.82) is 0 Å². The van der Waals surface area contributed by atoms with Gasteiger partial charge in [-0.05, 0) is 31.9 Å². The Bertz CT molecular complexity index is 935. The molecule has 0 N–H and O–H groups in total. The second-order valence-corrected chi connectivity index (χ2v) is 8.36. The summed E-state index contributed by atoms with van der Waals surface area (Å²) in [6, 6.07) is 10.3. The Morgan fingerprint density at radius 1 is 1.16 bits per heavy atom. The van der Waals surface area contributed by atoms with Crippen LogP contribution < -0.4 is 0 Å². The quantitative estimate of drug-likeness (QED) is 0.634. The van der Waals surface area contributed by atoms with Crippen LogP contribution in [-0.2, 0) is 9.53 Å². The molecule has 0 radical (unpaired) electrons. The van der Waals surface area contributed by atoms with Gasteiger partial charge in [0.1, 0.15) is 0 Å². The smallest absolute Gasteiger partial charge is 0.309 e. The predicted octanol–water partition coefficient (Wildman–Crippen LogP) is 4.53. The molecule has 0 saturated carbocycles. The minimum Gasteiger partial charge on any atom is -0.466 e. The molecule has 1 aliphatic rings. The third kappa shape index (κ3) is 3.04. The number of ether oxygens (including phenoxy) is 1. The minimum atomic E-state index is -0.127. The maximum atomic E-state index is 12.8. The molecule has 2 aromatic heterocycles. The number of hydrogen-bond donors (Lipinski definition) is 0. The molecule has 6 heteroatoms. The lowest BCUT2D eigenvalue weighted by atomic mass is 9.97. The van der Waals surface area contributed by atoms with E-state index in [-0.39, 0.29) is 17.8 Å². The summed E-state index contributed by atoms with van der Waals surface area (Å²) in [6.45, 7) is 3.48. The number of carbonyl (C=O) groups is 2. The van der Waals surface area contributed by atoms with Crippen LogP contribution in [0, 0.1) is 5.92 Å². The van der Waals surface area contributed by atoms with Gasteiger partial charge in [0.05, 0.1) is 22.1 Å². The Balaban J connectivity index is 1.50. The zero-order chi connectivity index (χ0) is 17.4. The van der Waals surface area contributed by atoms with Gasteiger partial charge in [0.25, 0.3) is 5.91 Å². The maximum Gasteiger partial charge on any atom is 0.309 e. The third-order valence-electron chi connectivity index (χ3n) is 4.66. The lowest BCUT2D eigenvalue weighted by Crippen LogP contribution is -2.40. The molecule has 1 fully saturated rings. The lowest BCUT2D eigenvalue weighted by molar-refractivity contribution is -0.149. The molecule has 25 heavy (non-hydrogen) atoms. The molecule has 0 aliphatic carbocycles. The monoisotopic (exact) mass is 373 g/mol. The van der Waals surface area contributed by atoms with Crippen LogP contribution in [0.2, 0.25) is 0 Å². The number of esters is 1. The summed E-state index contributed by atoms with van der Waals surface area (Å²) >= 11 is 3.31. The second-order valence-electron chi connectivity index (χ2n) is 6.22. The van der Waals surface area contributed by atoms with Crippen molar-refractivity contribution in [2.24, 2.45) is 5.92 Å². The molecule has 130 valence electrons. The van der Waals surface area contributed by atoms with Crippen LogP contribution in [0.5, 0.6) is 0 Å². The van der Waals surface area contributed by atoms with Gasteiger partial charge in [-0.2, -0.15) is 0 Å². The van der Waals surface area contributed by atoms with Crippen molar-refractivity contribution in [3.05, 3.63) is 35.2 Å². The van der Waals surface area contributed by atoms with E-state index in [1.165, 1.54) is 19.5 Å². The number of benzene rings is 1. The summed E-state index contributed by atoms with van der Waals surface area (Å²) in [5.41, 5.74) is 0. The number of carbonyl (C=O) groups excluding carboxylic acids is 2. The summed E-state index contributed by atoms with van der Waals surface area (Å²) in [5.74, 6) is -0.114. The topological polar surface area (TPSA) is 46.6 Å². The zero-order valence-corrected chi connectivity index (χ0v) is 15.6. The lowest BCUT2D eigenvalue weighted by Gasteiger charge is -2.30. The van der Waals surface area contributed by atoms with Gasteiger partial charge in [0.2, 0.25) is 0 Å². The van der Waals surface area contributed by atoms with E-state index < -0.39 is 0 Å². The van der Waals surface area contributed by atoms with E-state index in [4.69, 9.17) is 4.74 Å². The Kier molecular flexibility index (Phi) is 4.48. The number of piperidine rings is 1. The molecular formula is C19H19NO3S2. The number of amides is 1. The molecule has 3 aromatic rings. The van der Waals surface area contributed by atoms with Gasteiger partial charge >= 0.3 is 5.97 Å². The van der Waals surface area contributed by atoms with E-state index in [1.807, 2.05) is 30.0 Å². The molecule has 4 rings (SSSR count). The van der Waals surface area contributed by atoms with Crippen LogP contribution in [0.25, 0.3) is 19.5 Å². The molecule has 1 saturated heterocycles. The van der Waals surface area contributed by atoms with E-state index in [9.17, 15) is 9.59 Å². The highest BCUT2D eigenvalue weighted by Gasteiger charge is 2.29. The molecule has 0 bridgehead atoms. The van der Waals surface area contributed by atoms with Gasteiger partial charge in [-0.3, -0.25) is 9.59 Å². The molecule has 4 nitrogen and oxygen atoms in total.